The van der Waals surface area contributed by atoms with E-state index in [9.17, 15) is 9.90 Å². The van der Waals surface area contributed by atoms with Crippen molar-refractivity contribution >= 4 is 22.8 Å². The lowest BCUT2D eigenvalue weighted by molar-refractivity contribution is -0.126. The number of hydrogen-bond donors (Lipinski definition) is 1. The highest BCUT2D eigenvalue weighted by Crippen LogP contribution is 2.28. The number of fused-ring (bicyclic) bond motifs is 1. The number of nitrogens with zero attached hydrogens (tertiary/aromatic N) is 1. The molecule has 0 aliphatic heterocycles. The standard InChI is InChI=1S/C19H23NO2/c1-3-13-20(14-4-2)19(22)12-10-17-16-8-6-5-7-15(16)9-11-18(17)21/h5-12,21H,3-4,13-14H2,1-2H3. The molecule has 1 amide bonds. The van der Waals surface area contributed by atoms with Gasteiger partial charge in [-0.3, -0.25) is 4.79 Å². The highest BCUT2D eigenvalue weighted by Gasteiger charge is 2.09. The average molecular weight is 297 g/mol. The molecule has 0 atom stereocenters. The van der Waals surface area contributed by atoms with E-state index in [1.165, 1.54) is 0 Å². The fourth-order valence-electron chi connectivity index (χ4n) is 2.59. The first-order valence-electron chi connectivity index (χ1n) is 7.85. The minimum Gasteiger partial charge on any atom is -0.507 e. The molecule has 0 aliphatic carbocycles. The van der Waals surface area contributed by atoms with Gasteiger partial charge in [0.15, 0.2) is 0 Å². The summed E-state index contributed by atoms with van der Waals surface area (Å²) in [5, 5.41) is 12.1. The van der Waals surface area contributed by atoms with Crippen LogP contribution in [0.5, 0.6) is 5.75 Å². The molecule has 0 heterocycles. The van der Waals surface area contributed by atoms with Crippen LogP contribution in [0.2, 0.25) is 0 Å². The second-order valence-corrected chi connectivity index (χ2v) is 5.38. The summed E-state index contributed by atoms with van der Waals surface area (Å²) in [4.78, 5) is 14.1. The van der Waals surface area contributed by atoms with Crippen molar-refractivity contribution in [3.63, 3.8) is 0 Å². The van der Waals surface area contributed by atoms with Gasteiger partial charge in [-0.15, -0.1) is 0 Å². The third-order valence-corrected chi connectivity index (χ3v) is 3.64. The van der Waals surface area contributed by atoms with E-state index in [2.05, 4.69) is 13.8 Å². The van der Waals surface area contributed by atoms with Crippen LogP contribution in [0.15, 0.2) is 42.5 Å². The number of hydrogen-bond acceptors (Lipinski definition) is 2. The van der Waals surface area contributed by atoms with E-state index < -0.39 is 0 Å². The number of benzene rings is 2. The molecule has 116 valence electrons. The lowest BCUT2D eigenvalue weighted by atomic mass is 10.0. The summed E-state index contributed by atoms with van der Waals surface area (Å²) in [7, 11) is 0. The van der Waals surface area contributed by atoms with E-state index in [0.717, 1.165) is 36.7 Å². The second-order valence-electron chi connectivity index (χ2n) is 5.38. The third-order valence-electron chi connectivity index (χ3n) is 3.64. The molecule has 0 radical (unpaired) electrons. The van der Waals surface area contributed by atoms with Crippen LogP contribution in [0.25, 0.3) is 16.8 Å². The van der Waals surface area contributed by atoms with E-state index in [1.54, 1.807) is 18.2 Å². The minimum absolute atomic E-state index is 0.00367. The van der Waals surface area contributed by atoms with Gasteiger partial charge in [0.2, 0.25) is 5.91 Å². The van der Waals surface area contributed by atoms with Gasteiger partial charge in [0.05, 0.1) is 0 Å². The number of aromatic hydroxyl groups is 1. The van der Waals surface area contributed by atoms with Gasteiger partial charge in [-0.1, -0.05) is 44.2 Å². The molecule has 0 spiro atoms. The Morgan fingerprint density at radius 2 is 1.77 bits per heavy atom. The SMILES string of the molecule is CCCN(CCC)C(=O)C=Cc1c(O)ccc2ccccc12. The molecule has 3 nitrogen and oxygen atoms in total. The molecule has 0 fully saturated rings. The predicted octanol–water partition coefficient (Wildman–Crippen LogP) is 4.21. The van der Waals surface area contributed by atoms with Crippen molar-refractivity contribution < 1.29 is 9.90 Å². The smallest absolute Gasteiger partial charge is 0.246 e. The van der Waals surface area contributed by atoms with Crippen LogP contribution in [0.4, 0.5) is 0 Å². The molecule has 2 aromatic carbocycles. The van der Waals surface area contributed by atoms with Gasteiger partial charge in [-0.05, 0) is 35.8 Å². The van der Waals surface area contributed by atoms with E-state index in [4.69, 9.17) is 0 Å². The van der Waals surface area contributed by atoms with Crippen LogP contribution in [-0.2, 0) is 4.79 Å². The highest BCUT2D eigenvalue weighted by atomic mass is 16.3. The predicted molar refractivity (Wildman–Crippen MR) is 91.8 cm³/mol. The maximum absolute atomic E-state index is 12.3. The summed E-state index contributed by atoms with van der Waals surface area (Å²) < 4.78 is 0. The van der Waals surface area contributed by atoms with Crippen molar-refractivity contribution in [3.8, 4) is 5.75 Å². The summed E-state index contributed by atoms with van der Waals surface area (Å²) in [5.74, 6) is 0.191. The molecule has 0 aromatic heterocycles. The molecular formula is C19H23NO2. The molecule has 1 N–H and O–H groups in total. The summed E-state index contributed by atoms with van der Waals surface area (Å²) in [6.07, 6.45) is 5.17. The van der Waals surface area contributed by atoms with Crippen LogP contribution in [0.1, 0.15) is 32.3 Å². The third kappa shape index (κ3) is 3.67. The summed E-state index contributed by atoms with van der Waals surface area (Å²) >= 11 is 0. The Balaban J connectivity index is 2.29. The van der Waals surface area contributed by atoms with Gasteiger partial charge in [0.25, 0.3) is 0 Å². The van der Waals surface area contributed by atoms with Crippen LogP contribution in [0, 0.1) is 0 Å². The molecule has 0 bridgehead atoms. The van der Waals surface area contributed by atoms with Crippen LogP contribution >= 0.6 is 0 Å². The van der Waals surface area contributed by atoms with Crippen molar-refractivity contribution in [3.05, 3.63) is 48.0 Å². The monoisotopic (exact) mass is 297 g/mol. The molecular weight excluding hydrogens is 274 g/mol. The van der Waals surface area contributed by atoms with E-state index in [1.807, 2.05) is 35.2 Å². The zero-order valence-electron chi connectivity index (χ0n) is 13.2. The van der Waals surface area contributed by atoms with Crippen molar-refractivity contribution in [2.24, 2.45) is 0 Å². The zero-order valence-corrected chi connectivity index (χ0v) is 13.2. The number of carbonyl (C=O) groups is 1. The Morgan fingerprint density at radius 1 is 1.09 bits per heavy atom. The number of phenols is 1. The normalized spacial score (nSPS) is 11.2. The van der Waals surface area contributed by atoms with Gasteiger partial charge >= 0.3 is 0 Å². The Bertz CT molecular complexity index is 670. The molecule has 0 unspecified atom stereocenters. The molecule has 0 saturated heterocycles. The van der Waals surface area contributed by atoms with Gasteiger partial charge in [-0.2, -0.15) is 0 Å². The lowest BCUT2D eigenvalue weighted by Crippen LogP contribution is -2.30. The Morgan fingerprint density at radius 3 is 2.45 bits per heavy atom. The van der Waals surface area contributed by atoms with Crippen LogP contribution in [0.3, 0.4) is 0 Å². The Kier molecular flexibility index (Phi) is 5.59. The number of amides is 1. The lowest BCUT2D eigenvalue weighted by Gasteiger charge is -2.19. The van der Waals surface area contributed by atoms with Crippen molar-refractivity contribution in [1.29, 1.82) is 0 Å². The fraction of sp³-hybridized carbons (Fsp3) is 0.316. The zero-order chi connectivity index (χ0) is 15.9. The summed E-state index contributed by atoms with van der Waals surface area (Å²) in [6, 6.07) is 11.4. The van der Waals surface area contributed by atoms with E-state index in [-0.39, 0.29) is 11.7 Å². The molecule has 22 heavy (non-hydrogen) atoms. The molecule has 3 heteroatoms. The highest BCUT2D eigenvalue weighted by molar-refractivity contribution is 5.98. The van der Waals surface area contributed by atoms with Crippen LogP contribution in [-0.4, -0.2) is 29.0 Å². The first-order chi connectivity index (χ1) is 10.7. The molecule has 0 saturated carbocycles. The number of phenolic OH excluding ortho intramolecular Hbond substituents is 1. The average Bonchev–Trinajstić information content (AvgIpc) is 2.53. The van der Waals surface area contributed by atoms with Gasteiger partial charge in [0, 0.05) is 24.7 Å². The minimum atomic E-state index is -0.00367. The number of carbonyl (C=O) groups excluding carboxylic acids is 1. The largest absolute Gasteiger partial charge is 0.507 e. The van der Waals surface area contributed by atoms with Gasteiger partial charge < -0.3 is 10.0 Å². The summed E-state index contributed by atoms with van der Waals surface area (Å²) in [6.45, 7) is 5.66. The topological polar surface area (TPSA) is 40.5 Å². The number of rotatable bonds is 6. The second kappa shape index (κ2) is 7.64. The maximum atomic E-state index is 12.3. The first kappa shape index (κ1) is 16.1. The van der Waals surface area contributed by atoms with Crippen molar-refractivity contribution in [1.82, 2.24) is 4.90 Å². The quantitative estimate of drug-likeness (QED) is 0.811. The molecule has 0 aliphatic rings. The molecule has 2 rings (SSSR count). The van der Waals surface area contributed by atoms with Crippen molar-refractivity contribution in [2.45, 2.75) is 26.7 Å². The van der Waals surface area contributed by atoms with E-state index >= 15 is 0 Å². The van der Waals surface area contributed by atoms with Crippen LogP contribution < -0.4 is 0 Å². The van der Waals surface area contributed by atoms with E-state index in [0.29, 0.717) is 5.56 Å². The first-order valence-corrected chi connectivity index (χ1v) is 7.85. The maximum Gasteiger partial charge on any atom is 0.246 e. The van der Waals surface area contributed by atoms with Gasteiger partial charge in [-0.25, -0.2) is 0 Å². The summed E-state index contributed by atoms with van der Waals surface area (Å²) in [5.41, 5.74) is 0.694. The fourth-order valence-corrected chi connectivity index (χ4v) is 2.59. The Labute approximate surface area is 131 Å². The Hall–Kier alpha value is -2.29. The molecule has 2 aromatic rings. The van der Waals surface area contributed by atoms with Gasteiger partial charge in [0.1, 0.15) is 5.75 Å². The van der Waals surface area contributed by atoms with Crippen molar-refractivity contribution in [2.75, 3.05) is 13.1 Å².